The maximum absolute atomic E-state index is 12.9. The van der Waals surface area contributed by atoms with E-state index in [0.717, 1.165) is 11.3 Å². The summed E-state index contributed by atoms with van der Waals surface area (Å²) in [6.45, 7) is 4.55. The number of benzene rings is 1. The van der Waals surface area contributed by atoms with E-state index in [1.54, 1.807) is 11.3 Å². The van der Waals surface area contributed by atoms with Crippen LogP contribution in [0.2, 0.25) is 0 Å². The van der Waals surface area contributed by atoms with Crippen LogP contribution in [0.5, 0.6) is 0 Å². The average molecular weight is 355 g/mol. The van der Waals surface area contributed by atoms with Gasteiger partial charge in [0.15, 0.2) is 0 Å². The lowest BCUT2D eigenvalue weighted by atomic mass is 10.1. The second kappa shape index (κ2) is 6.98. The molecule has 1 aromatic carbocycles. The average Bonchev–Trinajstić information content (AvgIpc) is 3.26. The molecular weight excluding hydrogens is 334 g/mol. The number of carbonyl (C=O) groups excluding carboxylic acids is 1. The van der Waals surface area contributed by atoms with Gasteiger partial charge < -0.3 is 14.2 Å². The predicted octanol–water partition coefficient (Wildman–Crippen LogP) is 3.26. The molecule has 5 nitrogen and oxygen atoms in total. The molecule has 0 unspecified atom stereocenters. The van der Waals surface area contributed by atoms with Gasteiger partial charge in [0.1, 0.15) is 0 Å². The number of imidazole rings is 1. The van der Waals surface area contributed by atoms with Crippen LogP contribution in [0.25, 0.3) is 10.1 Å². The molecule has 130 valence electrons. The highest BCUT2D eigenvalue weighted by Gasteiger charge is 2.28. The number of nitrogens with zero attached hydrogens (tertiary/aromatic N) is 3. The molecule has 25 heavy (non-hydrogen) atoms. The van der Waals surface area contributed by atoms with Crippen molar-refractivity contribution in [1.29, 1.82) is 0 Å². The molecule has 0 N–H and O–H groups in total. The molecule has 0 radical (unpaired) electrons. The summed E-state index contributed by atoms with van der Waals surface area (Å²) in [5.41, 5.74) is 2.19. The Morgan fingerprint density at radius 1 is 1.40 bits per heavy atom. The molecule has 3 heterocycles. The van der Waals surface area contributed by atoms with Gasteiger partial charge >= 0.3 is 0 Å². The largest absolute Gasteiger partial charge is 0.380 e. The quantitative estimate of drug-likeness (QED) is 0.706. The number of thiophene rings is 1. The zero-order chi connectivity index (χ0) is 17.2. The van der Waals surface area contributed by atoms with Crippen LogP contribution < -0.4 is 0 Å². The standard InChI is InChI=1S/C19H21N3O2S/c1-2-24-11-16-10-21(9-15-8-20-13-22(15)16)19(23)7-14-12-25-18-6-4-3-5-17(14)18/h3-6,8,12-13,16H,2,7,9-11H2,1H3/t16-/m1/s1. The number of aromatic nitrogens is 2. The molecular formula is C19H21N3O2S. The van der Waals surface area contributed by atoms with Gasteiger partial charge in [-0.25, -0.2) is 4.98 Å². The van der Waals surface area contributed by atoms with Crippen LogP contribution in [-0.2, 0) is 22.5 Å². The first-order chi connectivity index (χ1) is 12.3. The topological polar surface area (TPSA) is 47.4 Å². The van der Waals surface area contributed by atoms with Gasteiger partial charge in [0.2, 0.25) is 5.91 Å². The minimum atomic E-state index is 0.134. The van der Waals surface area contributed by atoms with Gasteiger partial charge in [-0.1, -0.05) is 18.2 Å². The van der Waals surface area contributed by atoms with Gasteiger partial charge in [-0.3, -0.25) is 4.79 Å². The molecule has 0 spiro atoms. The molecule has 0 bridgehead atoms. The van der Waals surface area contributed by atoms with Crippen molar-refractivity contribution in [3.05, 3.63) is 53.4 Å². The number of hydrogen-bond donors (Lipinski definition) is 0. The zero-order valence-corrected chi connectivity index (χ0v) is 15.0. The van der Waals surface area contributed by atoms with Gasteiger partial charge in [0.05, 0.1) is 37.6 Å². The van der Waals surface area contributed by atoms with Crippen LogP contribution in [0.3, 0.4) is 0 Å². The number of rotatable bonds is 5. The van der Waals surface area contributed by atoms with E-state index in [-0.39, 0.29) is 11.9 Å². The summed E-state index contributed by atoms with van der Waals surface area (Å²) in [4.78, 5) is 19.1. The van der Waals surface area contributed by atoms with E-state index in [9.17, 15) is 4.79 Å². The van der Waals surface area contributed by atoms with Crippen LogP contribution in [0.15, 0.2) is 42.2 Å². The highest BCUT2D eigenvalue weighted by Crippen LogP contribution is 2.27. The fraction of sp³-hybridized carbons (Fsp3) is 0.368. The molecule has 0 saturated carbocycles. The minimum absolute atomic E-state index is 0.134. The zero-order valence-electron chi connectivity index (χ0n) is 14.2. The summed E-state index contributed by atoms with van der Waals surface area (Å²) in [6.07, 6.45) is 4.13. The third kappa shape index (κ3) is 3.19. The van der Waals surface area contributed by atoms with Crippen LogP contribution in [0.4, 0.5) is 0 Å². The lowest BCUT2D eigenvalue weighted by molar-refractivity contribution is -0.132. The third-order valence-corrected chi connectivity index (χ3v) is 5.71. The maximum atomic E-state index is 12.9. The van der Waals surface area contributed by atoms with Crippen molar-refractivity contribution in [1.82, 2.24) is 14.5 Å². The molecule has 1 atom stereocenters. The predicted molar refractivity (Wildman–Crippen MR) is 98.7 cm³/mol. The highest BCUT2D eigenvalue weighted by molar-refractivity contribution is 7.17. The lowest BCUT2D eigenvalue weighted by Crippen LogP contribution is -2.42. The summed E-state index contributed by atoms with van der Waals surface area (Å²) >= 11 is 1.70. The first-order valence-electron chi connectivity index (χ1n) is 8.57. The number of ether oxygens (including phenoxy) is 1. The molecule has 1 aliphatic heterocycles. The normalized spacial score (nSPS) is 17.0. The van der Waals surface area contributed by atoms with Gasteiger partial charge in [0.25, 0.3) is 0 Å². The Balaban J connectivity index is 1.52. The maximum Gasteiger partial charge on any atom is 0.227 e. The molecule has 1 aliphatic rings. The molecule has 0 saturated heterocycles. The SMILES string of the molecule is CCOC[C@H]1CN(C(=O)Cc2csc3ccccc23)Cc2cncn21. The molecule has 0 aliphatic carbocycles. The van der Waals surface area contributed by atoms with Crippen molar-refractivity contribution in [3.8, 4) is 0 Å². The van der Waals surface area contributed by atoms with Crippen molar-refractivity contribution in [2.45, 2.75) is 25.9 Å². The number of amides is 1. The van der Waals surface area contributed by atoms with Crippen molar-refractivity contribution in [2.75, 3.05) is 19.8 Å². The number of fused-ring (bicyclic) bond motifs is 2. The Hall–Kier alpha value is -2.18. The van der Waals surface area contributed by atoms with E-state index >= 15 is 0 Å². The summed E-state index contributed by atoms with van der Waals surface area (Å²) in [6, 6.07) is 8.40. The summed E-state index contributed by atoms with van der Waals surface area (Å²) in [7, 11) is 0. The van der Waals surface area contributed by atoms with Crippen LogP contribution in [0, 0.1) is 0 Å². The Morgan fingerprint density at radius 2 is 2.28 bits per heavy atom. The van der Waals surface area contributed by atoms with Gasteiger partial charge in [-0.05, 0) is 29.3 Å². The minimum Gasteiger partial charge on any atom is -0.380 e. The van der Waals surface area contributed by atoms with Crippen molar-refractivity contribution >= 4 is 27.3 Å². The smallest absolute Gasteiger partial charge is 0.227 e. The van der Waals surface area contributed by atoms with E-state index < -0.39 is 0 Å². The van der Waals surface area contributed by atoms with Crippen molar-refractivity contribution in [2.24, 2.45) is 0 Å². The fourth-order valence-electron chi connectivity index (χ4n) is 3.41. The Bertz CT molecular complexity index is 886. The summed E-state index contributed by atoms with van der Waals surface area (Å²) in [5.74, 6) is 0.164. The van der Waals surface area contributed by atoms with Gasteiger partial charge in [-0.2, -0.15) is 0 Å². The molecule has 0 fully saturated rings. The molecule has 4 rings (SSSR count). The van der Waals surface area contributed by atoms with Crippen molar-refractivity contribution in [3.63, 3.8) is 0 Å². The summed E-state index contributed by atoms with van der Waals surface area (Å²) < 4.78 is 8.98. The first-order valence-corrected chi connectivity index (χ1v) is 9.45. The van der Waals surface area contributed by atoms with Crippen LogP contribution >= 0.6 is 11.3 Å². The van der Waals surface area contributed by atoms with Crippen molar-refractivity contribution < 1.29 is 9.53 Å². The first kappa shape index (κ1) is 16.3. The van der Waals surface area contributed by atoms with Gasteiger partial charge in [-0.15, -0.1) is 11.3 Å². The lowest BCUT2D eigenvalue weighted by Gasteiger charge is -2.34. The van der Waals surface area contributed by atoms with E-state index in [1.807, 2.05) is 36.5 Å². The number of carbonyl (C=O) groups is 1. The Morgan fingerprint density at radius 3 is 3.16 bits per heavy atom. The van der Waals surface area contributed by atoms with Crippen LogP contribution in [-0.4, -0.2) is 40.1 Å². The second-order valence-corrected chi connectivity index (χ2v) is 7.22. The molecule has 1 amide bonds. The van der Waals surface area contributed by atoms with Crippen LogP contribution in [0.1, 0.15) is 24.2 Å². The van der Waals surface area contributed by atoms with E-state index in [1.165, 1.54) is 10.1 Å². The number of hydrogen-bond acceptors (Lipinski definition) is 4. The van der Waals surface area contributed by atoms with Gasteiger partial charge in [0, 0.05) is 24.0 Å². The molecule has 2 aromatic heterocycles. The molecule has 6 heteroatoms. The third-order valence-electron chi connectivity index (χ3n) is 4.69. The monoisotopic (exact) mass is 355 g/mol. The van der Waals surface area contributed by atoms with E-state index in [4.69, 9.17) is 4.74 Å². The Labute approximate surface area is 150 Å². The second-order valence-electron chi connectivity index (χ2n) is 6.31. The highest BCUT2D eigenvalue weighted by atomic mass is 32.1. The van der Waals surface area contributed by atoms with E-state index in [0.29, 0.717) is 32.7 Å². The fourth-order valence-corrected chi connectivity index (χ4v) is 4.37. The molecule has 3 aromatic rings. The summed E-state index contributed by atoms with van der Waals surface area (Å²) in [5, 5.41) is 3.29. The Kier molecular flexibility index (Phi) is 4.55. The van der Waals surface area contributed by atoms with E-state index in [2.05, 4.69) is 27.1 Å².